The molecule has 1 aromatic carbocycles. The first-order valence-electron chi connectivity index (χ1n) is 6.19. The summed E-state index contributed by atoms with van der Waals surface area (Å²) in [7, 11) is 0. The van der Waals surface area contributed by atoms with Gasteiger partial charge < -0.3 is 16.3 Å². The van der Waals surface area contributed by atoms with Crippen LogP contribution in [0.15, 0.2) is 23.4 Å². The van der Waals surface area contributed by atoms with E-state index in [1.807, 2.05) is 6.92 Å². The van der Waals surface area contributed by atoms with Gasteiger partial charge in [-0.3, -0.25) is 4.79 Å². The number of hydrogen-bond donors (Lipinski definition) is 3. The molecule has 1 aliphatic rings. The fourth-order valence-corrected chi connectivity index (χ4v) is 3.49. The fraction of sp³-hybridized carbons (Fsp3) is 0.385. The summed E-state index contributed by atoms with van der Waals surface area (Å²) < 4.78 is -0.440. The second kappa shape index (κ2) is 5.93. The number of carbonyl (C=O) groups is 1. The third-order valence-electron chi connectivity index (χ3n) is 3.31. The van der Waals surface area contributed by atoms with Crippen LogP contribution >= 0.6 is 23.4 Å². The van der Waals surface area contributed by atoms with Gasteiger partial charge in [-0.05, 0) is 43.7 Å². The molecule has 7 heteroatoms. The van der Waals surface area contributed by atoms with Crippen LogP contribution < -0.4 is 11.1 Å². The van der Waals surface area contributed by atoms with Gasteiger partial charge in [0, 0.05) is 10.6 Å². The Morgan fingerprint density at radius 3 is 2.95 bits per heavy atom. The standard InChI is InChI=1S/C13H16ClN3O2S/c1-13(5-2-6-20-13)12(18)16-10-7-8(14)3-4-9(10)11(15)17-19/h3-4,7,19H,2,5-6H2,1H3,(H2,15,17)(H,16,18). The SMILES string of the molecule is CC1(C(=O)Nc2cc(Cl)ccc2/C(N)=N/O)CCCS1. The van der Waals surface area contributed by atoms with Crippen LogP contribution in [-0.2, 0) is 4.79 Å². The molecule has 5 nitrogen and oxygen atoms in total. The molecule has 0 saturated carbocycles. The Balaban J connectivity index is 2.28. The normalized spacial score (nSPS) is 22.8. The van der Waals surface area contributed by atoms with Crippen LogP contribution in [0.25, 0.3) is 0 Å². The van der Waals surface area contributed by atoms with Gasteiger partial charge in [0.2, 0.25) is 5.91 Å². The molecule has 2 rings (SSSR count). The number of rotatable bonds is 3. The van der Waals surface area contributed by atoms with Crippen LogP contribution in [0.4, 0.5) is 5.69 Å². The molecule has 108 valence electrons. The van der Waals surface area contributed by atoms with Crippen LogP contribution in [0.1, 0.15) is 25.3 Å². The van der Waals surface area contributed by atoms with Gasteiger partial charge in [0.05, 0.1) is 10.4 Å². The number of amidine groups is 1. The first kappa shape index (κ1) is 15.0. The maximum absolute atomic E-state index is 12.4. The summed E-state index contributed by atoms with van der Waals surface area (Å²) in [5.41, 5.74) is 6.50. The van der Waals surface area contributed by atoms with Crippen molar-refractivity contribution >= 4 is 40.8 Å². The first-order chi connectivity index (χ1) is 9.46. The predicted octanol–water partition coefficient (Wildman–Crippen LogP) is 2.66. The number of amides is 1. The number of anilines is 1. The van der Waals surface area contributed by atoms with Gasteiger partial charge in [-0.2, -0.15) is 0 Å². The van der Waals surface area contributed by atoms with E-state index in [1.54, 1.807) is 30.0 Å². The van der Waals surface area contributed by atoms with E-state index in [-0.39, 0.29) is 11.7 Å². The highest BCUT2D eigenvalue weighted by Crippen LogP contribution is 2.38. The molecule has 0 aliphatic carbocycles. The zero-order valence-corrected chi connectivity index (χ0v) is 12.6. The zero-order chi connectivity index (χ0) is 14.8. The second-order valence-electron chi connectivity index (χ2n) is 4.81. The Kier molecular flexibility index (Phi) is 4.45. The van der Waals surface area contributed by atoms with Crippen molar-refractivity contribution in [3.8, 4) is 0 Å². The van der Waals surface area contributed by atoms with E-state index in [0.29, 0.717) is 16.3 Å². The Labute approximate surface area is 126 Å². The molecular formula is C13H16ClN3O2S. The molecule has 1 saturated heterocycles. The molecule has 1 atom stereocenters. The second-order valence-corrected chi connectivity index (χ2v) is 6.85. The molecule has 0 spiro atoms. The number of benzene rings is 1. The first-order valence-corrected chi connectivity index (χ1v) is 7.55. The summed E-state index contributed by atoms with van der Waals surface area (Å²) in [6, 6.07) is 4.82. The molecule has 0 bridgehead atoms. The quantitative estimate of drug-likeness (QED) is 0.346. The summed E-state index contributed by atoms with van der Waals surface area (Å²) >= 11 is 7.58. The van der Waals surface area contributed by atoms with Crippen LogP contribution in [0.5, 0.6) is 0 Å². The van der Waals surface area contributed by atoms with Crippen molar-refractivity contribution in [3.63, 3.8) is 0 Å². The predicted molar refractivity (Wildman–Crippen MR) is 82.7 cm³/mol. The monoisotopic (exact) mass is 313 g/mol. The summed E-state index contributed by atoms with van der Waals surface area (Å²) in [4.78, 5) is 12.4. The van der Waals surface area contributed by atoms with E-state index >= 15 is 0 Å². The van der Waals surface area contributed by atoms with Crippen molar-refractivity contribution in [3.05, 3.63) is 28.8 Å². The molecule has 1 amide bonds. The number of nitrogens with two attached hydrogens (primary N) is 1. The summed E-state index contributed by atoms with van der Waals surface area (Å²) in [6.45, 7) is 1.92. The third-order valence-corrected chi connectivity index (χ3v) is 5.07. The number of nitrogens with one attached hydrogen (secondary N) is 1. The van der Waals surface area contributed by atoms with E-state index < -0.39 is 4.75 Å². The van der Waals surface area contributed by atoms with Gasteiger partial charge in [-0.1, -0.05) is 16.8 Å². The van der Waals surface area contributed by atoms with E-state index in [4.69, 9.17) is 22.5 Å². The third kappa shape index (κ3) is 3.02. The van der Waals surface area contributed by atoms with Crippen LogP contribution in [0.2, 0.25) is 5.02 Å². The van der Waals surface area contributed by atoms with Gasteiger partial charge >= 0.3 is 0 Å². The number of halogens is 1. The van der Waals surface area contributed by atoms with E-state index in [9.17, 15) is 4.79 Å². The van der Waals surface area contributed by atoms with E-state index in [0.717, 1.165) is 18.6 Å². The van der Waals surface area contributed by atoms with Gasteiger partial charge in [-0.25, -0.2) is 0 Å². The molecule has 4 N–H and O–H groups in total. The Morgan fingerprint density at radius 2 is 2.35 bits per heavy atom. The lowest BCUT2D eigenvalue weighted by Crippen LogP contribution is -2.35. The molecule has 1 aromatic rings. The smallest absolute Gasteiger partial charge is 0.240 e. The van der Waals surface area contributed by atoms with Gasteiger partial charge in [-0.15, -0.1) is 11.8 Å². The lowest BCUT2D eigenvalue weighted by molar-refractivity contribution is -0.118. The summed E-state index contributed by atoms with van der Waals surface area (Å²) in [5.74, 6) is 0.822. The van der Waals surface area contributed by atoms with Crippen LogP contribution in [0.3, 0.4) is 0 Å². The van der Waals surface area contributed by atoms with E-state index in [1.165, 1.54) is 0 Å². The molecule has 0 radical (unpaired) electrons. The number of thioether (sulfide) groups is 1. The molecule has 0 aromatic heterocycles. The van der Waals surface area contributed by atoms with Crippen molar-refractivity contribution in [2.24, 2.45) is 10.9 Å². The minimum absolute atomic E-state index is 0.0683. The Morgan fingerprint density at radius 1 is 1.60 bits per heavy atom. The highest BCUT2D eigenvalue weighted by Gasteiger charge is 2.37. The van der Waals surface area contributed by atoms with Crippen molar-refractivity contribution in [2.75, 3.05) is 11.1 Å². The average molecular weight is 314 g/mol. The number of nitrogens with zero attached hydrogens (tertiary/aromatic N) is 1. The number of carbonyl (C=O) groups excluding carboxylic acids is 1. The molecule has 1 aliphatic heterocycles. The van der Waals surface area contributed by atoms with Crippen molar-refractivity contribution in [1.82, 2.24) is 0 Å². The van der Waals surface area contributed by atoms with Crippen molar-refractivity contribution in [2.45, 2.75) is 24.5 Å². The highest BCUT2D eigenvalue weighted by atomic mass is 35.5. The van der Waals surface area contributed by atoms with Gasteiger partial charge in [0.1, 0.15) is 0 Å². The lowest BCUT2D eigenvalue weighted by atomic mass is 10.0. The fourth-order valence-electron chi connectivity index (χ4n) is 2.11. The molecular weight excluding hydrogens is 298 g/mol. The molecule has 1 heterocycles. The molecule has 1 fully saturated rings. The molecule has 1 unspecified atom stereocenters. The van der Waals surface area contributed by atoms with E-state index in [2.05, 4.69) is 10.5 Å². The van der Waals surface area contributed by atoms with Gasteiger partial charge in [0.25, 0.3) is 0 Å². The maximum Gasteiger partial charge on any atom is 0.240 e. The van der Waals surface area contributed by atoms with Crippen molar-refractivity contribution in [1.29, 1.82) is 0 Å². The summed E-state index contributed by atoms with van der Waals surface area (Å²) in [6.07, 6.45) is 1.86. The van der Waals surface area contributed by atoms with Crippen LogP contribution in [0, 0.1) is 0 Å². The Bertz CT molecular complexity index is 557. The largest absolute Gasteiger partial charge is 0.409 e. The highest BCUT2D eigenvalue weighted by molar-refractivity contribution is 8.01. The topological polar surface area (TPSA) is 87.7 Å². The average Bonchev–Trinajstić information content (AvgIpc) is 2.86. The van der Waals surface area contributed by atoms with Crippen LogP contribution in [-0.4, -0.2) is 27.4 Å². The number of hydrogen-bond acceptors (Lipinski definition) is 4. The molecule has 20 heavy (non-hydrogen) atoms. The minimum Gasteiger partial charge on any atom is -0.409 e. The maximum atomic E-state index is 12.4. The summed E-state index contributed by atoms with van der Waals surface area (Å²) in [5, 5.41) is 15.1. The minimum atomic E-state index is -0.440. The number of oxime groups is 1. The van der Waals surface area contributed by atoms with Crippen molar-refractivity contribution < 1.29 is 10.0 Å². The zero-order valence-electron chi connectivity index (χ0n) is 11.0. The van der Waals surface area contributed by atoms with Gasteiger partial charge in [0.15, 0.2) is 5.84 Å². The lowest BCUT2D eigenvalue weighted by Gasteiger charge is -2.22. The Hall–Kier alpha value is -1.40.